The second kappa shape index (κ2) is 9.66. The summed E-state index contributed by atoms with van der Waals surface area (Å²) < 4.78 is 42.5. The third kappa shape index (κ3) is 5.15. The molecule has 0 radical (unpaired) electrons. The summed E-state index contributed by atoms with van der Waals surface area (Å²) in [5, 5.41) is 6.52. The van der Waals surface area contributed by atoms with Crippen LogP contribution in [0, 0.1) is 5.82 Å². The Kier molecular flexibility index (Phi) is 6.43. The maximum atomic E-state index is 14.7. The highest BCUT2D eigenvalue weighted by molar-refractivity contribution is 7.89. The van der Waals surface area contributed by atoms with Crippen LogP contribution in [0.1, 0.15) is 11.1 Å². The fourth-order valence-corrected chi connectivity index (χ4v) is 5.95. The topological polar surface area (TPSA) is 126 Å². The highest BCUT2D eigenvalue weighted by atomic mass is 32.2. The lowest BCUT2D eigenvalue weighted by Crippen LogP contribution is -2.46. The number of anilines is 3. The first-order chi connectivity index (χ1) is 16.9. The summed E-state index contributed by atoms with van der Waals surface area (Å²) in [6.45, 7) is 1.70. The van der Waals surface area contributed by atoms with Gasteiger partial charge in [-0.2, -0.15) is 4.31 Å². The summed E-state index contributed by atoms with van der Waals surface area (Å²) in [4.78, 5) is 12.4. The molecule has 12 heteroatoms. The number of hydrogen-bond donors (Lipinski definition) is 3. The van der Waals surface area contributed by atoms with E-state index in [2.05, 4.69) is 25.6 Å². The summed E-state index contributed by atoms with van der Waals surface area (Å²) in [7, 11) is -3.89. The van der Waals surface area contributed by atoms with Crippen molar-refractivity contribution >= 4 is 60.5 Å². The Bertz CT molecular complexity index is 1500. The maximum absolute atomic E-state index is 14.7. The Morgan fingerprint density at radius 3 is 2.54 bits per heavy atom. The largest absolute Gasteiger partial charge is 0.375 e. The van der Waals surface area contributed by atoms with Crippen LogP contribution in [0.5, 0.6) is 0 Å². The van der Waals surface area contributed by atoms with E-state index in [-0.39, 0.29) is 10.8 Å². The van der Waals surface area contributed by atoms with Gasteiger partial charge in [-0.1, -0.05) is 29.6 Å². The Labute approximate surface area is 205 Å². The molecule has 0 atom stereocenters. The monoisotopic (exact) mass is 511 g/mol. The third-order valence-electron chi connectivity index (χ3n) is 5.45. The molecule has 9 nitrogen and oxygen atoms in total. The van der Waals surface area contributed by atoms with Crippen molar-refractivity contribution in [2.75, 3.05) is 37.2 Å². The van der Waals surface area contributed by atoms with E-state index in [9.17, 15) is 12.8 Å². The lowest BCUT2D eigenvalue weighted by Gasteiger charge is -2.26. The minimum absolute atomic E-state index is 0.265. The third-order valence-corrected chi connectivity index (χ3v) is 8.23. The number of thiazole rings is 1. The van der Waals surface area contributed by atoms with Crippen LogP contribution >= 0.6 is 11.3 Å². The van der Waals surface area contributed by atoms with Gasteiger partial charge in [0.2, 0.25) is 16.0 Å². The molecule has 0 bridgehead atoms. The molecule has 0 amide bonds. The van der Waals surface area contributed by atoms with Gasteiger partial charge in [0, 0.05) is 49.8 Å². The quantitative estimate of drug-likeness (QED) is 0.360. The molecule has 5 rings (SSSR count). The molecule has 0 unspecified atom stereocenters. The van der Waals surface area contributed by atoms with E-state index in [1.807, 2.05) is 30.4 Å². The zero-order chi connectivity index (χ0) is 24.4. The van der Waals surface area contributed by atoms with Gasteiger partial charge < -0.3 is 16.4 Å². The number of piperazine rings is 1. The Morgan fingerprint density at radius 2 is 1.80 bits per heavy atom. The van der Waals surface area contributed by atoms with E-state index in [0.717, 1.165) is 27.4 Å². The molecule has 4 aromatic rings. The number of fused-ring (bicyclic) bond motifs is 1. The average Bonchev–Trinajstić information content (AvgIpc) is 3.23. The number of nitrogens with two attached hydrogens (primary N) is 1. The summed E-state index contributed by atoms with van der Waals surface area (Å²) in [5.74, 6) is -0.562. The minimum atomic E-state index is -3.89. The Balaban J connectivity index is 1.26. The maximum Gasteiger partial charge on any atom is 0.246 e. The number of hydrogen-bond acceptors (Lipinski definition) is 9. The lowest BCUT2D eigenvalue weighted by molar-refractivity contribution is 0.358. The van der Waals surface area contributed by atoms with E-state index < -0.39 is 15.8 Å². The second-order valence-corrected chi connectivity index (χ2v) is 10.8. The van der Waals surface area contributed by atoms with Crippen molar-refractivity contribution in [3.05, 3.63) is 65.7 Å². The number of rotatable bonds is 6. The second-order valence-electron chi connectivity index (χ2n) is 7.88. The van der Waals surface area contributed by atoms with Crippen molar-refractivity contribution in [1.82, 2.24) is 24.6 Å². The van der Waals surface area contributed by atoms with Gasteiger partial charge in [-0.05, 0) is 35.9 Å². The molecule has 0 aliphatic carbocycles. The van der Waals surface area contributed by atoms with E-state index >= 15 is 0 Å². The van der Waals surface area contributed by atoms with Gasteiger partial charge in [-0.3, -0.25) is 0 Å². The molecule has 1 aliphatic heterocycles. The first-order valence-electron chi connectivity index (χ1n) is 10.8. The van der Waals surface area contributed by atoms with Gasteiger partial charge in [0.05, 0.1) is 10.2 Å². The highest BCUT2D eigenvalue weighted by Crippen LogP contribution is 2.26. The van der Waals surface area contributed by atoms with Crippen molar-refractivity contribution < 1.29 is 12.8 Å². The normalized spacial score (nSPS) is 15.1. The van der Waals surface area contributed by atoms with Gasteiger partial charge in [-0.25, -0.2) is 27.8 Å². The SMILES string of the molecule is Nc1nc2ccc(/C=C/c3cnc(Nc4ccc(S(=O)(=O)N5CCNCC5)c(F)c4)nc3)cc2s1. The predicted octanol–water partition coefficient (Wildman–Crippen LogP) is 3.32. The van der Waals surface area contributed by atoms with Gasteiger partial charge in [0.25, 0.3) is 0 Å². The van der Waals surface area contributed by atoms with E-state index in [0.29, 0.717) is 37.0 Å². The Morgan fingerprint density at radius 1 is 1.06 bits per heavy atom. The number of halogens is 1. The molecule has 4 N–H and O–H groups in total. The molecule has 180 valence electrons. The van der Waals surface area contributed by atoms with Gasteiger partial charge in [0.15, 0.2) is 5.13 Å². The standard InChI is InChI=1S/C23H22FN7O2S2/c24-18-12-17(4-6-21(18)35(32,33)31-9-7-26-8-10-31)29-23-27-13-16(14-28-23)2-1-15-3-5-19-20(11-15)34-22(25)30-19/h1-6,11-14,26H,7-10H2,(H2,25,30)(H,27,28,29)/b2-1+. The predicted molar refractivity (Wildman–Crippen MR) is 136 cm³/mol. The average molecular weight is 512 g/mol. The van der Waals surface area contributed by atoms with Crippen LogP contribution in [0.25, 0.3) is 22.4 Å². The Hall–Kier alpha value is -3.45. The zero-order valence-corrected chi connectivity index (χ0v) is 20.1. The molecule has 2 aromatic heterocycles. The van der Waals surface area contributed by atoms with Gasteiger partial charge in [0.1, 0.15) is 10.7 Å². The molecule has 2 aromatic carbocycles. The van der Waals surface area contributed by atoms with Crippen LogP contribution in [0.15, 0.2) is 53.7 Å². The van der Waals surface area contributed by atoms with Crippen molar-refractivity contribution in [3.63, 3.8) is 0 Å². The number of nitrogens with zero attached hydrogens (tertiary/aromatic N) is 4. The number of sulfonamides is 1. The molecular weight excluding hydrogens is 489 g/mol. The van der Waals surface area contributed by atoms with Crippen LogP contribution in [0.3, 0.4) is 0 Å². The molecule has 3 heterocycles. The summed E-state index contributed by atoms with van der Waals surface area (Å²) in [6, 6.07) is 9.78. The summed E-state index contributed by atoms with van der Waals surface area (Å²) in [6.07, 6.45) is 7.09. The lowest BCUT2D eigenvalue weighted by atomic mass is 10.2. The minimum Gasteiger partial charge on any atom is -0.375 e. The molecule has 1 aliphatic rings. The van der Waals surface area contributed by atoms with Crippen LogP contribution in [0.4, 0.5) is 21.2 Å². The summed E-state index contributed by atoms with van der Waals surface area (Å²) in [5.41, 5.74) is 8.75. The number of nitrogens with one attached hydrogen (secondary N) is 2. The van der Waals surface area contributed by atoms with Crippen molar-refractivity contribution in [2.45, 2.75) is 4.90 Å². The molecule has 0 saturated carbocycles. The fraction of sp³-hybridized carbons (Fsp3) is 0.174. The van der Waals surface area contributed by atoms with Crippen molar-refractivity contribution in [3.8, 4) is 0 Å². The molecule has 0 spiro atoms. The summed E-state index contributed by atoms with van der Waals surface area (Å²) >= 11 is 1.44. The first kappa shape index (κ1) is 23.3. The van der Waals surface area contributed by atoms with Crippen LogP contribution < -0.4 is 16.4 Å². The van der Waals surface area contributed by atoms with Gasteiger partial charge >= 0.3 is 0 Å². The molecule has 35 heavy (non-hydrogen) atoms. The smallest absolute Gasteiger partial charge is 0.246 e. The fourth-order valence-electron chi connectivity index (χ4n) is 3.68. The molecular formula is C23H22FN7O2S2. The number of nitrogen functional groups attached to an aromatic ring is 1. The van der Waals surface area contributed by atoms with Crippen LogP contribution in [-0.2, 0) is 10.0 Å². The van der Waals surface area contributed by atoms with Crippen molar-refractivity contribution in [2.24, 2.45) is 0 Å². The number of aromatic nitrogens is 3. The molecule has 1 fully saturated rings. The van der Waals surface area contributed by atoms with E-state index in [4.69, 9.17) is 5.73 Å². The zero-order valence-electron chi connectivity index (χ0n) is 18.5. The van der Waals surface area contributed by atoms with Crippen LogP contribution in [-0.4, -0.2) is 53.9 Å². The van der Waals surface area contributed by atoms with Crippen molar-refractivity contribution in [1.29, 1.82) is 0 Å². The highest BCUT2D eigenvalue weighted by Gasteiger charge is 2.28. The van der Waals surface area contributed by atoms with Gasteiger partial charge in [-0.15, -0.1) is 0 Å². The first-order valence-corrected chi connectivity index (χ1v) is 13.1. The number of benzene rings is 2. The van der Waals surface area contributed by atoms with E-state index in [1.165, 1.54) is 27.8 Å². The molecule has 1 saturated heterocycles. The van der Waals surface area contributed by atoms with E-state index in [1.54, 1.807) is 12.4 Å². The van der Waals surface area contributed by atoms with Crippen LogP contribution in [0.2, 0.25) is 0 Å².